The SMILES string of the molecule is Cc1noc(C)c1[C@H](C)C(=O)N[C@H](c1ccccc1)c1ccc(Br)cc1. The standard InChI is InChI=1S/C21H21BrN2O2/c1-13(19-14(2)24-26-15(19)3)21(25)23-20(16-7-5-4-6-8-16)17-9-11-18(22)12-10-17/h4-13,20H,1-3H3,(H,23,25)/t13-,20+/m0/s1. The van der Waals surface area contributed by atoms with Crippen LogP contribution in [0.5, 0.6) is 0 Å². The van der Waals surface area contributed by atoms with Crippen molar-refractivity contribution in [1.29, 1.82) is 0 Å². The van der Waals surface area contributed by atoms with Crippen LogP contribution in [0.1, 0.15) is 47.0 Å². The van der Waals surface area contributed by atoms with Crippen molar-refractivity contribution in [2.45, 2.75) is 32.7 Å². The highest BCUT2D eigenvalue weighted by atomic mass is 79.9. The predicted molar refractivity (Wildman–Crippen MR) is 105 cm³/mol. The van der Waals surface area contributed by atoms with E-state index in [9.17, 15) is 4.79 Å². The van der Waals surface area contributed by atoms with Gasteiger partial charge in [-0.15, -0.1) is 0 Å². The minimum Gasteiger partial charge on any atom is -0.361 e. The Labute approximate surface area is 161 Å². The summed E-state index contributed by atoms with van der Waals surface area (Å²) < 4.78 is 6.22. The van der Waals surface area contributed by atoms with Crippen LogP contribution in [0.3, 0.4) is 0 Å². The molecule has 0 fully saturated rings. The van der Waals surface area contributed by atoms with Crippen molar-refractivity contribution < 1.29 is 9.32 Å². The van der Waals surface area contributed by atoms with E-state index in [0.717, 1.165) is 26.9 Å². The molecule has 1 N–H and O–H groups in total. The monoisotopic (exact) mass is 412 g/mol. The van der Waals surface area contributed by atoms with E-state index in [0.29, 0.717) is 5.76 Å². The maximum atomic E-state index is 13.0. The highest BCUT2D eigenvalue weighted by Crippen LogP contribution is 2.27. The third-order valence-electron chi connectivity index (χ3n) is 4.54. The van der Waals surface area contributed by atoms with Crippen LogP contribution in [0, 0.1) is 13.8 Å². The molecule has 4 nitrogen and oxygen atoms in total. The number of benzene rings is 2. The second-order valence-electron chi connectivity index (χ2n) is 6.36. The van der Waals surface area contributed by atoms with Crippen LogP contribution in [0.25, 0.3) is 0 Å². The summed E-state index contributed by atoms with van der Waals surface area (Å²) in [6.07, 6.45) is 0. The van der Waals surface area contributed by atoms with E-state index in [2.05, 4.69) is 26.4 Å². The highest BCUT2D eigenvalue weighted by molar-refractivity contribution is 9.10. The second-order valence-corrected chi connectivity index (χ2v) is 7.28. The molecule has 3 rings (SSSR count). The van der Waals surface area contributed by atoms with Gasteiger partial charge >= 0.3 is 0 Å². The highest BCUT2D eigenvalue weighted by Gasteiger charge is 2.26. The van der Waals surface area contributed by atoms with Crippen molar-refractivity contribution in [3.8, 4) is 0 Å². The van der Waals surface area contributed by atoms with Gasteiger partial charge in [0.25, 0.3) is 0 Å². The Morgan fingerprint density at radius 1 is 1.04 bits per heavy atom. The van der Waals surface area contributed by atoms with Crippen LogP contribution in [-0.2, 0) is 4.79 Å². The van der Waals surface area contributed by atoms with Gasteiger partial charge in [0.05, 0.1) is 17.7 Å². The first-order chi connectivity index (χ1) is 12.5. The molecule has 1 amide bonds. The summed E-state index contributed by atoms with van der Waals surface area (Å²) in [5.74, 6) is 0.282. The molecule has 0 aliphatic rings. The fourth-order valence-electron chi connectivity index (χ4n) is 3.17. The van der Waals surface area contributed by atoms with Crippen molar-refractivity contribution in [3.05, 3.63) is 87.2 Å². The normalized spacial score (nSPS) is 13.2. The number of hydrogen-bond donors (Lipinski definition) is 1. The molecule has 0 aliphatic carbocycles. The first kappa shape index (κ1) is 18.4. The van der Waals surface area contributed by atoms with Crippen molar-refractivity contribution >= 4 is 21.8 Å². The van der Waals surface area contributed by atoms with Gasteiger partial charge in [-0.2, -0.15) is 0 Å². The Bertz CT molecular complexity index is 869. The maximum absolute atomic E-state index is 13.0. The predicted octanol–water partition coefficient (Wildman–Crippen LogP) is 5.06. The summed E-state index contributed by atoms with van der Waals surface area (Å²) in [6.45, 7) is 5.58. The number of rotatable bonds is 5. The third kappa shape index (κ3) is 3.88. The van der Waals surface area contributed by atoms with Gasteiger partial charge in [0.2, 0.25) is 5.91 Å². The van der Waals surface area contributed by atoms with Crippen molar-refractivity contribution in [1.82, 2.24) is 10.5 Å². The van der Waals surface area contributed by atoms with Gasteiger partial charge in [0.1, 0.15) is 5.76 Å². The van der Waals surface area contributed by atoms with E-state index >= 15 is 0 Å². The number of carbonyl (C=O) groups excluding carboxylic acids is 1. The maximum Gasteiger partial charge on any atom is 0.228 e. The fourth-order valence-corrected chi connectivity index (χ4v) is 3.43. The van der Waals surface area contributed by atoms with Gasteiger partial charge in [-0.3, -0.25) is 4.79 Å². The number of amides is 1. The Balaban J connectivity index is 1.90. The minimum atomic E-state index is -0.345. The quantitative estimate of drug-likeness (QED) is 0.636. The van der Waals surface area contributed by atoms with Crippen LogP contribution in [0.4, 0.5) is 0 Å². The minimum absolute atomic E-state index is 0.0591. The average molecular weight is 413 g/mol. The summed E-state index contributed by atoms with van der Waals surface area (Å²) in [4.78, 5) is 13.0. The largest absolute Gasteiger partial charge is 0.361 e. The number of carbonyl (C=O) groups is 1. The van der Waals surface area contributed by atoms with E-state index < -0.39 is 0 Å². The van der Waals surface area contributed by atoms with Crippen molar-refractivity contribution in [2.24, 2.45) is 0 Å². The first-order valence-electron chi connectivity index (χ1n) is 8.51. The van der Waals surface area contributed by atoms with Gasteiger partial charge in [0, 0.05) is 10.0 Å². The molecule has 2 atom stereocenters. The molecule has 26 heavy (non-hydrogen) atoms. The van der Waals surface area contributed by atoms with Gasteiger partial charge in [-0.1, -0.05) is 63.6 Å². The lowest BCUT2D eigenvalue weighted by Gasteiger charge is -2.22. The summed E-state index contributed by atoms with van der Waals surface area (Å²) in [6, 6.07) is 17.7. The molecule has 0 aliphatic heterocycles. The van der Waals surface area contributed by atoms with Crippen LogP contribution >= 0.6 is 15.9 Å². The summed E-state index contributed by atoms with van der Waals surface area (Å²) >= 11 is 3.46. The lowest BCUT2D eigenvalue weighted by molar-refractivity contribution is -0.122. The Morgan fingerprint density at radius 3 is 2.23 bits per heavy atom. The molecule has 0 radical (unpaired) electrons. The molecule has 0 saturated carbocycles. The molecule has 1 heterocycles. The van der Waals surface area contributed by atoms with Crippen molar-refractivity contribution in [2.75, 3.05) is 0 Å². The van der Waals surface area contributed by atoms with Crippen molar-refractivity contribution in [3.63, 3.8) is 0 Å². The molecule has 0 spiro atoms. The Hall–Kier alpha value is -2.40. The molecular weight excluding hydrogens is 392 g/mol. The lowest BCUT2D eigenvalue weighted by atomic mass is 9.95. The fraction of sp³-hybridized carbons (Fsp3) is 0.238. The van der Waals surface area contributed by atoms with E-state index in [1.807, 2.05) is 75.4 Å². The molecule has 0 unspecified atom stereocenters. The lowest BCUT2D eigenvalue weighted by Crippen LogP contribution is -2.33. The molecule has 2 aromatic carbocycles. The number of nitrogens with zero attached hydrogens (tertiary/aromatic N) is 1. The van der Waals surface area contributed by atoms with Crippen LogP contribution in [0.2, 0.25) is 0 Å². The molecule has 1 aromatic heterocycles. The molecular formula is C21H21BrN2O2. The molecule has 0 bridgehead atoms. The summed E-state index contributed by atoms with van der Waals surface area (Å²) in [5, 5.41) is 7.15. The zero-order valence-corrected chi connectivity index (χ0v) is 16.6. The van der Waals surface area contributed by atoms with Gasteiger partial charge in [-0.05, 0) is 44.0 Å². The van der Waals surface area contributed by atoms with Gasteiger partial charge in [0.15, 0.2) is 0 Å². The molecule has 5 heteroatoms. The number of nitrogens with one attached hydrogen (secondary N) is 1. The van der Waals surface area contributed by atoms with E-state index in [1.54, 1.807) is 0 Å². The second kappa shape index (κ2) is 7.87. The molecule has 134 valence electrons. The first-order valence-corrected chi connectivity index (χ1v) is 9.30. The zero-order valence-electron chi connectivity index (χ0n) is 15.0. The zero-order chi connectivity index (χ0) is 18.7. The Kier molecular flexibility index (Phi) is 5.57. The summed E-state index contributed by atoms with van der Waals surface area (Å²) in [5.41, 5.74) is 3.67. The third-order valence-corrected chi connectivity index (χ3v) is 5.07. The van der Waals surface area contributed by atoms with E-state index in [1.165, 1.54) is 0 Å². The number of halogens is 1. The van der Waals surface area contributed by atoms with Gasteiger partial charge < -0.3 is 9.84 Å². The van der Waals surface area contributed by atoms with E-state index in [4.69, 9.17) is 4.52 Å². The summed E-state index contributed by atoms with van der Waals surface area (Å²) in [7, 11) is 0. The van der Waals surface area contributed by atoms with Gasteiger partial charge in [-0.25, -0.2) is 0 Å². The average Bonchev–Trinajstić information content (AvgIpc) is 2.99. The number of aryl methyl sites for hydroxylation is 2. The molecule has 3 aromatic rings. The Morgan fingerprint density at radius 2 is 1.65 bits per heavy atom. The van der Waals surface area contributed by atoms with Crippen LogP contribution in [0.15, 0.2) is 63.6 Å². The number of aromatic nitrogens is 1. The molecule has 0 saturated heterocycles. The van der Waals surface area contributed by atoms with E-state index in [-0.39, 0.29) is 17.9 Å². The van der Waals surface area contributed by atoms with Crippen LogP contribution in [-0.4, -0.2) is 11.1 Å². The smallest absolute Gasteiger partial charge is 0.228 e. The topological polar surface area (TPSA) is 55.1 Å². The number of hydrogen-bond acceptors (Lipinski definition) is 3. The van der Waals surface area contributed by atoms with Crippen LogP contribution < -0.4 is 5.32 Å².